The number of nitrogens with one attached hydrogen (secondary N) is 1. The fourth-order valence-corrected chi connectivity index (χ4v) is 1.70. The van der Waals surface area contributed by atoms with E-state index in [4.69, 9.17) is 11.6 Å². The van der Waals surface area contributed by atoms with Gasteiger partial charge in [-0.15, -0.1) is 11.8 Å². The van der Waals surface area contributed by atoms with Crippen LogP contribution in [0.25, 0.3) is 0 Å². The van der Waals surface area contributed by atoms with E-state index in [2.05, 4.69) is 24.5 Å². The molecule has 0 aromatic heterocycles. The maximum absolute atomic E-state index is 5.68. The lowest BCUT2D eigenvalue weighted by molar-refractivity contribution is 0.576. The van der Waals surface area contributed by atoms with Gasteiger partial charge in [0.05, 0.1) is 6.17 Å². The Morgan fingerprint density at radius 1 is 1.38 bits per heavy atom. The minimum Gasteiger partial charge on any atom is -0.311 e. The van der Waals surface area contributed by atoms with E-state index in [0.29, 0.717) is 0 Å². The van der Waals surface area contributed by atoms with Gasteiger partial charge in [0.1, 0.15) is 0 Å². The summed E-state index contributed by atoms with van der Waals surface area (Å²) >= 11 is 1.81. The summed E-state index contributed by atoms with van der Waals surface area (Å²) in [5.41, 5.74) is 9.18. The molecule has 0 spiro atoms. The minimum atomic E-state index is -0.277. The molecule has 0 amide bonds. The van der Waals surface area contributed by atoms with Crippen molar-refractivity contribution < 1.29 is 0 Å². The van der Waals surface area contributed by atoms with E-state index in [-0.39, 0.29) is 6.17 Å². The molecule has 0 aliphatic heterocycles. The molecule has 0 fully saturated rings. The summed E-state index contributed by atoms with van der Waals surface area (Å²) in [6, 6.07) is 8.09. The van der Waals surface area contributed by atoms with E-state index in [1.807, 2.05) is 23.9 Å². The molecule has 0 saturated heterocycles. The first-order valence-electron chi connectivity index (χ1n) is 4.22. The van der Waals surface area contributed by atoms with Crippen LogP contribution >= 0.6 is 11.8 Å². The minimum absolute atomic E-state index is 0.277. The normalized spacial score (nSPS) is 12.8. The van der Waals surface area contributed by atoms with Crippen LogP contribution < -0.4 is 17.0 Å². The highest BCUT2D eigenvalue weighted by Crippen LogP contribution is 2.18. The van der Waals surface area contributed by atoms with Crippen LogP contribution in [0, 0.1) is 0 Å². The number of benzene rings is 1. The van der Waals surface area contributed by atoms with Crippen molar-refractivity contribution in [1.82, 2.24) is 5.43 Å². The van der Waals surface area contributed by atoms with Crippen LogP contribution in [0.2, 0.25) is 0 Å². The highest BCUT2D eigenvalue weighted by Gasteiger charge is 2.01. The van der Waals surface area contributed by atoms with Crippen molar-refractivity contribution in [3.05, 3.63) is 29.8 Å². The second-order valence-corrected chi connectivity index (χ2v) is 3.98. The van der Waals surface area contributed by atoms with E-state index in [0.717, 1.165) is 11.3 Å². The number of nitrogens with two attached hydrogens (primary N) is 2. The van der Waals surface area contributed by atoms with Gasteiger partial charge in [0, 0.05) is 4.90 Å². The van der Waals surface area contributed by atoms with Gasteiger partial charge in [-0.25, -0.2) is 5.43 Å². The van der Waals surface area contributed by atoms with Gasteiger partial charge < -0.3 is 5.73 Å². The average Bonchev–Trinajstić information content (AvgIpc) is 2.18. The Morgan fingerprint density at radius 2 is 2.00 bits per heavy atom. The molecule has 3 nitrogen and oxygen atoms in total. The van der Waals surface area contributed by atoms with Gasteiger partial charge in [-0.05, 0) is 23.4 Å². The van der Waals surface area contributed by atoms with E-state index in [1.165, 1.54) is 4.90 Å². The Labute approximate surface area is 82.8 Å². The van der Waals surface area contributed by atoms with Crippen LogP contribution in [-0.4, -0.2) is 5.75 Å². The number of hydrazine groups is 1. The van der Waals surface area contributed by atoms with Gasteiger partial charge in [-0.1, -0.05) is 19.1 Å². The molecule has 4 heteroatoms. The summed E-state index contributed by atoms with van der Waals surface area (Å²) in [4.78, 5) is 1.26. The Kier molecular flexibility index (Phi) is 4.24. The second kappa shape index (κ2) is 5.24. The Morgan fingerprint density at radius 3 is 2.46 bits per heavy atom. The standard InChI is InChI=1S/C9H15N3S/c1-2-13-8-5-3-7(4-6-8)9(10)12-11/h3-6,9,12H,2,10-11H2,1H3. The lowest BCUT2D eigenvalue weighted by Gasteiger charge is -2.10. The maximum atomic E-state index is 5.68. The van der Waals surface area contributed by atoms with Crippen molar-refractivity contribution in [3.8, 4) is 0 Å². The van der Waals surface area contributed by atoms with Gasteiger partial charge in [0.2, 0.25) is 0 Å². The Hall–Kier alpha value is -0.550. The molecule has 0 heterocycles. The number of hydrogen-bond donors (Lipinski definition) is 3. The number of rotatable bonds is 4. The van der Waals surface area contributed by atoms with E-state index < -0.39 is 0 Å². The molecule has 1 unspecified atom stereocenters. The third-order valence-corrected chi connectivity index (χ3v) is 2.62. The van der Waals surface area contributed by atoms with Gasteiger partial charge >= 0.3 is 0 Å². The summed E-state index contributed by atoms with van der Waals surface area (Å²) in [5, 5.41) is 0. The van der Waals surface area contributed by atoms with Crippen molar-refractivity contribution >= 4 is 11.8 Å². The smallest absolute Gasteiger partial charge is 0.0935 e. The molecule has 72 valence electrons. The van der Waals surface area contributed by atoms with Crippen molar-refractivity contribution in [2.45, 2.75) is 18.0 Å². The third-order valence-electron chi connectivity index (χ3n) is 1.73. The van der Waals surface area contributed by atoms with Gasteiger partial charge in [-0.2, -0.15) is 0 Å². The predicted molar refractivity (Wildman–Crippen MR) is 57.1 cm³/mol. The molecule has 0 bridgehead atoms. The zero-order chi connectivity index (χ0) is 9.68. The fourth-order valence-electron chi connectivity index (χ4n) is 1.03. The SMILES string of the molecule is CCSc1ccc(C(N)NN)cc1. The lowest BCUT2D eigenvalue weighted by Crippen LogP contribution is -2.33. The third kappa shape index (κ3) is 3.00. The van der Waals surface area contributed by atoms with E-state index in [1.54, 1.807) is 0 Å². The Bertz CT molecular complexity index is 248. The molecule has 1 aromatic rings. The zero-order valence-corrected chi connectivity index (χ0v) is 8.47. The molecule has 1 atom stereocenters. The summed E-state index contributed by atoms with van der Waals surface area (Å²) in [6.07, 6.45) is -0.277. The van der Waals surface area contributed by atoms with Crippen LogP contribution in [0.5, 0.6) is 0 Å². The zero-order valence-electron chi connectivity index (χ0n) is 7.66. The first kappa shape index (κ1) is 10.5. The monoisotopic (exact) mass is 197 g/mol. The molecular formula is C9H15N3S. The summed E-state index contributed by atoms with van der Waals surface area (Å²) in [6.45, 7) is 2.13. The molecule has 1 aromatic carbocycles. The highest BCUT2D eigenvalue weighted by atomic mass is 32.2. The van der Waals surface area contributed by atoms with Crippen molar-refractivity contribution in [3.63, 3.8) is 0 Å². The Balaban J connectivity index is 2.69. The van der Waals surface area contributed by atoms with Crippen LogP contribution in [0.15, 0.2) is 29.2 Å². The predicted octanol–water partition coefficient (Wildman–Crippen LogP) is 1.22. The first-order valence-corrected chi connectivity index (χ1v) is 5.21. The average molecular weight is 197 g/mol. The van der Waals surface area contributed by atoms with Gasteiger partial charge in [-0.3, -0.25) is 5.84 Å². The highest BCUT2D eigenvalue weighted by molar-refractivity contribution is 7.99. The molecule has 5 N–H and O–H groups in total. The second-order valence-electron chi connectivity index (χ2n) is 2.65. The quantitative estimate of drug-likeness (QED) is 0.294. The summed E-state index contributed by atoms with van der Waals surface area (Å²) < 4.78 is 0. The first-order chi connectivity index (χ1) is 6.27. The van der Waals surface area contributed by atoms with Crippen molar-refractivity contribution in [1.29, 1.82) is 0 Å². The number of hydrogen-bond acceptors (Lipinski definition) is 4. The molecule has 0 saturated carbocycles. The van der Waals surface area contributed by atoms with Gasteiger partial charge in [0.15, 0.2) is 0 Å². The van der Waals surface area contributed by atoms with Crippen molar-refractivity contribution in [2.24, 2.45) is 11.6 Å². The topological polar surface area (TPSA) is 64.1 Å². The maximum Gasteiger partial charge on any atom is 0.0935 e. The largest absolute Gasteiger partial charge is 0.311 e. The molecule has 0 aliphatic rings. The molecule has 1 rings (SSSR count). The molecule has 0 radical (unpaired) electrons. The van der Waals surface area contributed by atoms with Crippen LogP contribution in [0.1, 0.15) is 18.7 Å². The molecular weight excluding hydrogens is 182 g/mol. The van der Waals surface area contributed by atoms with Crippen molar-refractivity contribution in [2.75, 3.05) is 5.75 Å². The van der Waals surface area contributed by atoms with Crippen LogP contribution in [-0.2, 0) is 0 Å². The fraction of sp³-hybridized carbons (Fsp3) is 0.333. The van der Waals surface area contributed by atoms with Gasteiger partial charge in [0.25, 0.3) is 0 Å². The molecule has 0 aliphatic carbocycles. The molecule has 13 heavy (non-hydrogen) atoms. The summed E-state index contributed by atoms with van der Waals surface area (Å²) in [7, 11) is 0. The van der Waals surface area contributed by atoms with Crippen LogP contribution in [0.3, 0.4) is 0 Å². The van der Waals surface area contributed by atoms with Crippen LogP contribution in [0.4, 0.5) is 0 Å². The van der Waals surface area contributed by atoms with E-state index >= 15 is 0 Å². The lowest BCUT2D eigenvalue weighted by atomic mass is 10.2. The van der Waals surface area contributed by atoms with E-state index in [9.17, 15) is 0 Å². The number of thioether (sulfide) groups is 1. The summed E-state index contributed by atoms with van der Waals surface area (Å²) in [5.74, 6) is 6.30.